The largest absolute Gasteiger partial charge is 0.317 e. The van der Waals surface area contributed by atoms with E-state index in [2.05, 4.69) is 38.3 Å². The van der Waals surface area contributed by atoms with Crippen LogP contribution >= 0.6 is 0 Å². The Balaban J connectivity index is 2.99. The molecule has 0 aliphatic carbocycles. The monoisotopic (exact) mass is 256 g/mol. The predicted octanol–water partition coefficient (Wildman–Crippen LogP) is 4.10. The Morgan fingerprint density at radius 1 is 0.667 bits per heavy atom. The van der Waals surface area contributed by atoms with Crippen LogP contribution in [0.3, 0.4) is 0 Å². The second kappa shape index (κ2) is 12.0. The first kappa shape index (κ1) is 17.9. The van der Waals surface area contributed by atoms with E-state index in [1.807, 2.05) is 0 Å². The van der Waals surface area contributed by atoms with Gasteiger partial charge in [-0.1, -0.05) is 45.4 Å². The van der Waals surface area contributed by atoms with Crippen LogP contribution in [0.1, 0.15) is 79.1 Å². The maximum absolute atomic E-state index is 3.55. The maximum atomic E-state index is 3.55. The smallest absolute Gasteiger partial charge is 0.00965 e. The summed E-state index contributed by atoms with van der Waals surface area (Å²) in [6.45, 7) is 12.4. The summed E-state index contributed by atoms with van der Waals surface area (Å²) in [5, 5.41) is 6.92. The summed E-state index contributed by atoms with van der Waals surface area (Å²) >= 11 is 0. The summed E-state index contributed by atoms with van der Waals surface area (Å²) in [5.41, 5.74) is 0.284. The summed E-state index contributed by atoms with van der Waals surface area (Å²) in [5.74, 6) is 0. The Morgan fingerprint density at radius 3 is 1.56 bits per heavy atom. The molecule has 0 aromatic carbocycles. The van der Waals surface area contributed by atoms with Gasteiger partial charge in [-0.3, -0.25) is 0 Å². The lowest BCUT2D eigenvalue weighted by molar-refractivity contribution is 0.415. The van der Waals surface area contributed by atoms with Crippen molar-refractivity contribution in [3.05, 3.63) is 0 Å². The first-order chi connectivity index (χ1) is 8.56. The second-order valence-corrected chi connectivity index (χ2v) is 6.36. The fourth-order valence-corrected chi connectivity index (χ4v) is 2.08. The normalized spacial score (nSPS) is 12.0. The van der Waals surface area contributed by atoms with E-state index in [1.54, 1.807) is 0 Å². The fourth-order valence-electron chi connectivity index (χ4n) is 2.08. The van der Waals surface area contributed by atoms with Crippen LogP contribution in [0.4, 0.5) is 0 Å². The van der Waals surface area contributed by atoms with Gasteiger partial charge >= 0.3 is 0 Å². The molecule has 0 amide bonds. The molecule has 0 bridgehead atoms. The number of rotatable bonds is 12. The van der Waals surface area contributed by atoms with Crippen LogP contribution in [-0.4, -0.2) is 25.2 Å². The molecule has 0 aliphatic rings. The Morgan fingerprint density at radius 2 is 1.11 bits per heavy atom. The zero-order chi connectivity index (χ0) is 13.7. The summed E-state index contributed by atoms with van der Waals surface area (Å²) < 4.78 is 0. The van der Waals surface area contributed by atoms with Crippen molar-refractivity contribution in [3.8, 4) is 0 Å². The van der Waals surface area contributed by atoms with E-state index in [9.17, 15) is 0 Å². The van der Waals surface area contributed by atoms with Crippen LogP contribution in [0.15, 0.2) is 0 Å². The van der Waals surface area contributed by atoms with Crippen LogP contribution in [0.5, 0.6) is 0 Å². The van der Waals surface area contributed by atoms with Crippen molar-refractivity contribution in [2.45, 2.75) is 84.6 Å². The quantitative estimate of drug-likeness (QED) is 0.514. The third kappa shape index (κ3) is 15.9. The predicted molar refractivity (Wildman–Crippen MR) is 83.2 cm³/mol. The van der Waals surface area contributed by atoms with Crippen molar-refractivity contribution in [1.82, 2.24) is 10.6 Å². The highest BCUT2D eigenvalue weighted by atomic mass is 14.9. The van der Waals surface area contributed by atoms with Gasteiger partial charge in [-0.25, -0.2) is 0 Å². The van der Waals surface area contributed by atoms with Gasteiger partial charge in [0.1, 0.15) is 0 Å². The molecule has 110 valence electrons. The lowest BCUT2D eigenvalue weighted by Gasteiger charge is -2.20. The van der Waals surface area contributed by atoms with E-state index >= 15 is 0 Å². The van der Waals surface area contributed by atoms with Gasteiger partial charge in [-0.2, -0.15) is 0 Å². The molecule has 18 heavy (non-hydrogen) atoms. The Kier molecular flexibility index (Phi) is 11.9. The average molecular weight is 256 g/mol. The van der Waals surface area contributed by atoms with E-state index in [1.165, 1.54) is 64.5 Å². The van der Waals surface area contributed by atoms with Gasteiger partial charge < -0.3 is 10.6 Å². The van der Waals surface area contributed by atoms with Crippen molar-refractivity contribution >= 4 is 0 Å². The van der Waals surface area contributed by atoms with Crippen molar-refractivity contribution in [1.29, 1.82) is 0 Å². The molecule has 0 saturated carbocycles. The van der Waals surface area contributed by atoms with Gasteiger partial charge in [0.05, 0.1) is 0 Å². The Bertz CT molecular complexity index is 161. The fraction of sp³-hybridized carbons (Fsp3) is 1.00. The third-order valence-electron chi connectivity index (χ3n) is 3.19. The summed E-state index contributed by atoms with van der Waals surface area (Å²) in [6.07, 6.45) is 11.2. The third-order valence-corrected chi connectivity index (χ3v) is 3.19. The van der Waals surface area contributed by atoms with Crippen LogP contribution in [-0.2, 0) is 0 Å². The number of hydrogen-bond acceptors (Lipinski definition) is 2. The SMILES string of the molecule is CCNCCCCCCCCCCNC(C)(C)C. The molecule has 0 radical (unpaired) electrons. The molecule has 0 fully saturated rings. The lowest BCUT2D eigenvalue weighted by atomic mass is 10.1. The van der Waals surface area contributed by atoms with Gasteiger partial charge in [0.15, 0.2) is 0 Å². The highest BCUT2D eigenvalue weighted by Gasteiger charge is 2.06. The minimum atomic E-state index is 0.284. The molecule has 0 rings (SSSR count). The highest BCUT2D eigenvalue weighted by molar-refractivity contribution is 4.69. The van der Waals surface area contributed by atoms with Crippen molar-refractivity contribution in [2.24, 2.45) is 0 Å². The Labute approximate surface area is 115 Å². The summed E-state index contributed by atoms with van der Waals surface area (Å²) in [4.78, 5) is 0. The average Bonchev–Trinajstić information content (AvgIpc) is 2.29. The minimum absolute atomic E-state index is 0.284. The van der Waals surface area contributed by atoms with Gasteiger partial charge in [0.25, 0.3) is 0 Å². The molecule has 0 unspecified atom stereocenters. The molecule has 0 atom stereocenters. The van der Waals surface area contributed by atoms with Crippen LogP contribution in [0, 0.1) is 0 Å². The molecule has 0 aromatic rings. The van der Waals surface area contributed by atoms with Crippen molar-refractivity contribution < 1.29 is 0 Å². The Hall–Kier alpha value is -0.0800. The van der Waals surface area contributed by atoms with E-state index in [-0.39, 0.29) is 5.54 Å². The number of hydrogen-bond donors (Lipinski definition) is 2. The molecular formula is C16H36N2. The number of nitrogens with one attached hydrogen (secondary N) is 2. The first-order valence-corrected chi connectivity index (χ1v) is 8.02. The van der Waals surface area contributed by atoms with Gasteiger partial charge in [-0.15, -0.1) is 0 Å². The molecule has 0 spiro atoms. The van der Waals surface area contributed by atoms with Gasteiger partial charge in [0, 0.05) is 5.54 Å². The summed E-state index contributed by atoms with van der Waals surface area (Å²) in [6, 6.07) is 0. The van der Waals surface area contributed by atoms with Gasteiger partial charge in [0.2, 0.25) is 0 Å². The molecular weight excluding hydrogens is 220 g/mol. The standard InChI is InChI=1S/C16H36N2/c1-5-17-14-12-10-8-6-7-9-11-13-15-18-16(2,3)4/h17-18H,5-15H2,1-4H3. The number of unbranched alkanes of at least 4 members (excludes halogenated alkanes) is 7. The molecule has 0 saturated heterocycles. The van der Waals surface area contributed by atoms with Crippen LogP contribution in [0.25, 0.3) is 0 Å². The van der Waals surface area contributed by atoms with E-state index in [4.69, 9.17) is 0 Å². The van der Waals surface area contributed by atoms with Gasteiger partial charge in [-0.05, 0) is 53.2 Å². The molecule has 2 heteroatoms. The minimum Gasteiger partial charge on any atom is -0.317 e. The molecule has 0 aliphatic heterocycles. The van der Waals surface area contributed by atoms with Crippen LogP contribution in [0.2, 0.25) is 0 Å². The highest BCUT2D eigenvalue weighted by Crippen LogP contribution is 2.08. The second-order valence-electron chi connectivity index (χ2n) is 6.36. The lowest BCUT2D eigenvalue weighted by Crippen LogP contribution is -2.36. The van der Waals surface area contributed by atoms with E-state index in [0.29, 0.717) is 0 Å². The topological polar surface area (TPSA) is 24.1 Å². The van der Waals surface area contributed by atoms with Crippen molar-refractivity contribution in [3.63, 3.8) is 0 Å². The molecule has 2 N–H and O–H groups in total. The van der Waals surface area contributed by atoms with E-state index in [0.717, 1.165) is 6.54 Å². The maximum Gasteiger partial charge on any atom is 0.00965 e. The van der Waals surface area contributed by atoms with Crippen LogP contribution < -0.4 is 10.6 Å². The van der Waals surface area contributed by atoms with E-state index < -0.39 is 0 Å². The molecule has 0 aromatic heterocycles. The molecule has 2 nitrogen and oxygen atoms in total. The first-order valence-electron chi connectivity index (χ1n) is 8.02. The zero-order valence-electron chi connectivity index (χ0n) is 13.3. The summed E-state index contributed by atoms with van der Waals surface area (Å²) in [7, 11) is 0. The van der Waals surface area contributed by atoms with Crippen molar-refractivity contribution in [2.75, 3.05) is 19.6 Å². The molecule has 0 heterocycles. The zero-order valence-corrected chi connectivity index (χ0v) is 13.3.